The summed E-state index contributed by atoms with van der Waals surface area (Å²) in [5.74, 6) is 4.88. The van der Waals surface area contributed by atoms with E-state index >= 15 is 0 Å². The van der Waals surface area contributed by atoms with Crippen LogP contribution in [0.25, 0.3) is 11.8 Å². The van der Waals surface area contributed by atoms with Crippen molar-refractivity contribution >= 4 is 17.7 Å². The van der Waals surface area contributed by atoms with Gasteiger partial charge in [0.15, 0.2) is 17.1 Å². The van der Waals surface area contributed by atoms with Gasteiger partial charge in [0.2, 0.25) is 0 Å². The first kappa shape index (κ1) is 8.45. The van der Waals surface area contributed by atoms with E-state index in [1.807, 2.05) is 0 Å². The SMILES string of the molecule is Nc1cc(=O)c2c(o1)=CCC#CC=2O. The predicted molar refractivity (Wildman–Crippen MR) is 51.5 cm³/mol. The third-order valence-corrected chi connectivity index (χ3v) is 1.83. The Morgan fingerprint density at radius 2 is 2.36 bits per heavy atom. The van der Waals surface area contributed by atoms with Crippen molar-refractivity contribution in [3.05, 3.63) is 26.9 Å². The molecule has 0 radical (unpaired) electrons. The van der Waals surface area contributed by atoms with Crippen molar-refractivity contribution in [3.63, 3.8) is 0 Å². The first-order chi connectivity index (χ1) is 6.68. The second kappa shape index (κ2) is 2.96. The van der Waals surface area contributed by atoms with Crippen LogP contribution in [0.15, 0.2) is 15.3 Å². The Hall–Kier alpha value is -2.15. The lowest BCUT2D eigenvalue weighted by Crippen LogP contribution is -2.40. The molecule has 1 aliphatic rings. The summed E-state index contributed by atoms with van der Waals surface area (Å²) < 4.78 is 5.09. The van der Waals surface area contributed by atoms with Crippen molar-refractivity contribution in [3.8, 4) is 11.8 Å². The number of nitrogens with two attached hydrogens (primary N) is 1. The summed E-state index contributed by atoms with van der Waals surface area (Å²) in [5.41, 5.74) is 5.25. The molecule has 1 heterocycles. The number of rotatable bonds is 0. The van der Waals surface area contributed by atoms with Gasteiger partial charge in [-0.15, -0.1) is 0 Å². The van der Waals surface area contributed by atoms with Crippen molar-refractivity contribution in [1.82, 2.24) is 0 Å². The summed E-state index contributed by atoms with van der Waals surface area (Å²) in [6.07, 6.45) is 2.03. The van der Waals surface area contributed by atoms with E-state index in [9.17, 15) is 9.90 Å². The minimum absolute atomic E-state index is 0.0275. The second-order valence-electron chi connectivity index (χ2n) is 2.81. The van der Waals surface area contributed by atoms with Crippen molar-refractivity contribution < 1.29 is 9.52 Å². The lowest BCUT2D eigenvalue weighted by molar-refractivity contribution is 0.496. The van der Waals surface area contributed by atoms with Crippen LogP contribution in [0.1, 0.15) is 6.42 Å². The highest BCUT2D eigenvalue weighted by atomic mass is 16.3. The molecule has 0 saturated carbocycles. The zero-order valence-corrected chi connectivity index (χ0v) is 7.20. The minimum Gasteiger partial charge on any atom is -0.500 e. The molecule has 3 N–H and O–H groups in total. The highest BCUT2D eigenvalue weighted by Crippen LogP contribution is 1.91. The Balaban J connectivity index is 3.06. The van der Waals surface area contributed by atoms with Crippen molar-refractivity contribution in [2.45, 2.75) is 6.42 Å². The monoisotopic (exact) mass is 189 g/mol. The summed E-state index contributed by atoms with van der Waals surface area (Å²) in [5, 5.41) is 9.52. The first-order valence-electron chi connectivity index (χ1n) is 4.00. The maximum absolute atomic E-state index is 11.4. The van der Waals surface area contributed by atoms with Gasteiger partial charge >= 0.3 is 0 Å². The molecule has 0 aliphatic heterocycles. The molecule has 0 spiro atoms. The van der Waals surface area contributed by atoms with Crippen LogP contribution in [0.4, 0.5) is 5.88 Å². The summed E-state index contributed by atoms with van der Waals surface area (Å²) in [6.45, 7) is 0. The number of aliphatic hydroxyl groups excluding tert-OH is 1. The highest BCUT2D eigenvalue weighted by Gasteiger charge is 2.03. The van der Waals surface area contributed by atoms with Crippen molar-refractivity contribution in [1.29, 1.82) is 0 Å². The number of hydrogen-bond acceptors (Lipinski definition) is 4. The summed E-state index contributed by atoms with van der Waals surface area (Å²) in [7, 11) is 0. The lowest BCUT2D eigenvalue weighted by Gasteiger charge is -1.93. The van der Waals surface area contributed by atoms with Crippen LogP contribution >= 0.6 is 0 Å². The lowest BCUT2D eigenvalue weighted by atomic mass is 10.3. The van der Waals surface area contributed by atoms with E-state index in [1.165, 1.54) is 0 Å². The van der Waals surface area contributed by atoms with E-state index in [-0.39, 0.29) is 27.7 Å². The van der Waals surface area contributed by atoms with Crippen LogP contribution in [0.3, 0.4) is 0 Å². The minimum atomic E-state index is -0.381. The van der Waals surface area contributed by atoms with E-state index < -0.39 is 0 Å². The third kappa shape index (κ3) is 1.25. The van der Waals surface area contributed by atoms with Crippen molar-refractivity contribution in [2.75, 3.05) is 5.73 Å². The van der Waals surface area contributed by atoms with Gasteiger partial charge in [0.1, 0.15) is 10.6 Å². The topological polar surface area (TPSA) is 76.5 Å². The molecule has 14 heavy (non-hydrogen) atoms. The van der Waals surface area contributed by atoms with Gasteiger partial charge in [0.25, 0.3) is 0 Å². The van der Waals surface area contributed by atoms with Crippen LogP contribution in [-0.2, 0) is 0 Å². The zero-order valence-electron chi connectivity index (χ0n) is 7.20. The maximum atomic E-state index is 11.4. The zero-order chi connectivity index (χ0) is 10.1. The fourth-order valence-electron chi connectivity index (χ4n) is 1.25. The molecule has 0 saturated heterocycles. The molecule has 1 aromatic rings. The predicted octanol–water partition coefficient (Wildman–Crippen LogP) is -0.924. The molecule has 0 fully saturated rings. The van der Waals surface area contributed by atoms with Crippen molar-refractivity contribution in [2.24, 2.45) is 0 Å². The fourth-order valence-corrected chi connectivity index (χ4v) is 1.25. The smallest absolute Gasteiger partial charge is 0.199 e. The summed E-state index contributed by atoms with van der Waals surface area (Å²) in [4.78, 5) is 11.4. The second-order valence-corrected chi connectivity index (χ2v) is 2.81. The van der Waals surface area contributed by atoms with Gasteiger partial charge in [-0.3, -0.25) is 4.79 Å². The van der Waals surface area contributed by atoms with E-state index in [4.69, 9.17) is 10.2 Å². The Bertz CT molecular complexity index is 613. The number of nitrogen functional groups attached to an aromatic ring is 1. The largest absolute Gasteiger partial charge is 0.500 e. The summed E-state index contributed by atoms with van der Waals surface area (Å²) in [6, 6.07) is 1.12. The Morgan fingerprint density at radius 3 is 3.14 bits per heavy atom. The molecule has 0 atom stereocenters. The van der Waals surface area contributed by atoms with Crippen LogP contribution in [0.5, 0.6) is 0 Å². The molecular formula is C10H7NO3. The Morgan fingerprint density at radius 1 is 1.57 bits per heavy atom. The van der Waals surface area contributed by atoms with E-state index in [0.29, 0.717) is 6.42 Å². The molecule has 0 amide bonds. The van der Waals surface area contributed by atoms with E-state index in [0.717, 1.165) is 6.07 Å². The average molecular weight is 189 g/mol. The maximum Gasteiger partial charge on any atom is 0.199 e. The molecule has 4 heteroatoms. The molecule has 70 valence electrons. The average Bonchev–Trinajstić information content (AvgIpc) is 2.27. The third-order valence-electron chi connectivity index (χ3n) is 1.83. The first-order valence-corrected chi connectivity index (χ1v) is 4.00. The molecule has 0 unspecified atom stereocenters. The van der Waals surface area contributed by atoms with E-state index in [1.54, 1.807) is 6.08 Å². The molecule has 4 nitrogen and oxygen atoms in total. The van der Waals surface area contributed by atoms with Gasteiger partial charge in [-0.2, -0.15) is 0 Å². The standard InChI is InChI=1S/C10H7NO3/c11-9-5-7(13)10-6(12)3-1-2-4-8(10)14-9/h4-5,12H,2,11H2. The number of anilines is 1. The van der Waals surface area contributed by atoms with Gasteiger partial charge in [0, 0.05) is 12.5 Å². The Labute approximate surface area is 79.0 Å². The van der Waals surface area contributed by atoms with Gasteiger partial charge in [-0.05, 0) is 12.0 Å². The molecule has 1 aliphatic carbocycles. The highest BCUT2D eigenvalue weighted by molar-refractivity contribution is 5.58. The van der Waals surface area contributed by atoms with Crippen LogP contribution in [0.2, 0.25) is 0 Å². The molecule has 0 aromatic carbocycles. The van der Waals surface area contributed by atoms with Gasteiger partial charge in [-0.25, -0.2) is 0 Å². The Kier molecular flexibility index (Phi) is 1.79. The molecular weight excluding hydrogens is 182 g/mol. The molecule has 2 rings (SSSR count). The van der Waals surface area contributed by atoms with Crippen LogP contribution in [-0.4, -0.2) is 5.11 Å². The quantitative estimate of drug-likeness (QED) is 0.517. The van der Waals surface area contributed by atoms with Gasteiger partial charge < -0.3 is 15.3 Å². The summed E-state index contributed by atoms with van der Waals surface area (Å²) >= 11 is 0. The van der Waals surface area contributed by atoms with E-state index in [2.05, 4.69) is 11.8 Å². The normalized spacial score (nSPS) is 13.3. The van der Waals surface area contributed by atoms with Crippen LogP contribution < -0.4 is 21.8 Å². The van der Waals surface area contributed by atoms with Gasteiger partial charge in [0.05, 0.1) is 0 Å². The number of hydrogen-bond donors (Lipinski definition) is 2. The van der Waals surface area contributed by atoms with Gasteiger partial charge in [-0.1, -0.05) is 5.92 Å². The number of fused-ring (bicyclic) bond motifs is 1. The van der Waals surface area contributed by atoms with Crippen LogP contribution in [0, 0.1) is 11.8 Å². The molecule has 0 bridgehead atoms. The fraction of sp³-hybridized carbons (Fsp3) is 0.100. The number of aliphatic hydroxyl groups is 1. The molecule has 1 aromatic heterocycles.